The molecule has 0 amide bonds. The van der Waals surface area contributed by atoms with E-state index in [4.69, 9.17) is 11.6 Å². The van der Waals surface area contributed by atoms with Gasteiger partial charge >= 0.3 is 0 Å². The highest BCUT2D eigenvalue weighted by molar-refractivity contribution is 7.98. The van der Waals surface area contributed by atoms with Gasteiger partial charge in [0, 0.05) is 22.2 Å². The third-order valence-electron chi connectivity index (χ3n) is 3.03. The highest BCUT2D eigenvalue weighted by atomic mass is 35.5. The van der Waals surface area contributed by atoms with Crippen LogP contribution in [0.25, 0.3) is 0 Å². The summed E-state index contributed by atoms with van der Waals surface area (Å²) >= 11 is 7.99. The van der Waals surface area contributed by atoms with E-state index in [9.17, 15) is 0 Å². The zero-order chi connectivity index (χ0) is 13.7. The fourth-order valence-electron chi connectivity index (χ4n) is 1.92. The van der Waals surface area contributed by atoms with Crippen molar-refractivity contribution in [3.05, 3.63) is 64.2 Å². The zero-order valence-corrected chi connectivity index (χ0v) is 12.8. The average Bonchev–Trinajstić information content (AvgIpc) is 2.41. The van der Waals surface area contributed by atoms with E-state index in [2.05, 4.69) is 36.5 Å². The Hall–Kier alpha value is -0.960. The van der Waals surface area contributed by atoms with Gasteiger partial charge in [0.15, 0.2) is 0 Å². The summed E-state index contributed by atoms with van der Waals surface area (Å²) in [5.74, 6) is 0.907. The van der Waals surface area contributed by atoms with Gasteiger partial charge in [0.1, 0.15) is 0 Å². The minimum atomic E-state index is 0.846. The molecular formula is C16H18ClNS. The molecule has 100 valence electrons. The van der Waals surface area contributed by atoms with Crippen LogP contribution in [0, 0.1) is 6.92 Å². The summed E-state index contributed by atoms with van der Waals surface area (Å²) in [6.45, 7) is 3.08. The minimum absolute atomic E-state index is 0.846. The van der Waals surface area contributed by atoms with Crippen LogP contribution in [-0.4, -0.2) is 7.05 Å². The lowest BCUT2D eigenvalue weighted by Gasteiger charge is -2.08. The van der Waals surface area contributed by atoms with Gasteiger partial charge in [-0.25, -0.2) is 0 Å². The van der Waals surface area contributed by atoms with E-state index in [1.54, 1.807) is 0 Å². The minimum Gasteiger partial charge on any atom is -0.316 e. The molecule has 0 saturated heterocycles. The summed E-state index contributed by atoms with van der Waals surface area (Å²) in [7, 11) is 1.97. The van der Waals surface area contributed by atoms with Gasteiger partial charge < -0.3 is 5.32 Å². The van der Waals surface area contributed by atoms with Crippen molar-refractivity contribution < 1.29 is 0 Å². The molecule has 0 heterocycles. The smallest absolute Gasteiger partial charge is 0.0446 e. The Kier molecular flexibility index (Phi) is 5.32. The highest BCUT2D eigenvalue weighted by Crippen LogP contribution is 2.27. The molecule has 3 heteroatoms. The van der Waals surface area contributed by atoms with Crippen LogP contribution in [-0.2, 0) is 12.3 Å². The molecule has 1 N–H and O–H groups in total. The zero-order valence-electron chi connectivity index (χ0n) is 11.2. The van der Waals surface area contributed by atoms with Gasteiger partial charge in [-0.2, -0.15) is 0 Å². The van der Waals surface area contributed by atoms with Crippen molar-refractivity contribution in [2.24, 2.45) is 0 Å². The second-order valence-electron chi connectivity index (χ2n) is 4.50. The maximum atomic E-state index is 6.17. The van der Waals surface area contributed by atoms with Crippen LogP contribution in [0.1, 0.15) is 16.7 Å². The molecule has 0 spiro atoms. The van der Waals surface area contributed by atoms with E-state index in [0.29, 0.717) is 0 Å². The van der Waals surface area contributed by atoms with Gasteiger partial charge in [0.2, 0.25) is 0 Å². The molecular weight excluding hydrogens is 274 g/mol. The lowest BCUT2D eigenvalue weighted by Crippen LogP contribution is -2.06. The molecule has 0 bridgehead atoms. The van der Waals surface area contributed by atoms with Crippen molar-refractivity contribution in [2.45, 2.75) is 24.1 Å². The SMILES string of the molecule is CNCc1ccc(SCc2ccccc2Cl)cc1C. The number of hydrogen-bond donors (Lipinski definition) is 1. The van der Waals surface area contributed by atoms with Gasteiger partial charge in [-0.05, 0) is 48.9 Å². The first kappa shape index (κ1) is 14.4. The monoisotopic (exact) mass is 291 g/mol. The van der Waals surface area contributed by atoms with Crippen LogP contribution in [0.3, 0.4) is 0 Å². The predicted molar refractivity (Wildman–Crippen MR) is 85.0 cm³/mol. The number of hydrogen-bond acceptors (Lipinski definition) is 2. The fraction of sp³-hybridized carbons (Fsp3) is 0.250. The quantitative estimate of drug-likeness (QED) is 0.804. The van der Waals surface area contributed by atoms with E-state index in [0.717, 1.165) is 17.3 Å². The maximum Gasteiger partial charge on any atom is 0.0446 e. The largest absolute Gasteiger partial charge is 0.316 e. The summed E-state index contributed by atoms with van der Waals surface area (Å²) in [6.07, 6.45) is 0. The van der Waals surface area contributed by atoms with Crippen LogP contribution >= 0.6 is 23.4 Å². The molecule has 0 aromatic heterocycles. The van der Waals surface area contributed by atoms with Gasteiger partial charge in [0.25, 0.3) is 0 Å². The fourth-order valence-corrected chi connectivity index (χ4v) is 3.20. The van der Waals surface area contributed by atoms with E-state index in [1.807, 2.05) is 37.0 Å². The number of aryl methyl sites for hydroxylation is 1. The topological polar surface area (TPSA) is 12.0 Å². The standard InChI is InChI=1S/C16H18ClNS/c1-12-9-15(8-7-13(12)10-18-2)19-11-14-5-3-4-6-16(14)17/h3-9,18H,10-11H2,1-2H3. The van der Waals surface area contributed by atoms with Gasteiger partial charge in [-0.1, -0.05) is 35.9 Å². The molecule has 2 aromatic rings. The normalized spacial score (nSPS) is 10.7. The van der Waals surface area contributed by atoms with Crippen molar-refractivity contribution in [1.82, 2.24) is 5.32 Å². The number of rotatable bonds is 5. The van der Waals surface area contributed by atoms with Crippen molar-refractivity contribution >= 4 is 23.4 Å². The Labute approximate surface area is 124 Å². The summed E-state index contributed by atoms with van der Waals surface area (Å²) < 4.78 is 0. The molecule has 0 atom stereocenters. The maximum absolute atomic E-state index is 6.17. The molecule has 0 fully saturated rings. The molecule has 2 rings (SSSR count). The summed E-state index contributed by atoms with van der Waals surface area (Å²) in [5, 5.41) is 4.03. The Morgan fingerprint density at radius 3 is 2.58 bits per heavy atom. The highest BCUT2D eigenvalue weighted by Gasteiger charge is 2.03. The van der Waals surface area contributed by atoms with Crippen LogP contribution in [0.2, 0.25) is 5.02 Å². The molecule has 0 radical (unpaired) electrons. The number of thioether (sulfide) groups is 1. The lowest BCUT2D eigenvalue weighted by atomic mass is 10.1. The molecule has 0 unspecified atom stereocenters. The predicted octanol–water partition coefficient (Wildman–Crippen LogP) is 4.66. The van der Waals surface area contributed by atoms with E-state index in [-0.39, 0.29) is 0 Å². The van der Waals surface area contributed by atoms with Gasteiger partial charge in [0.05, 0.1) is 0 Å². The summed E-state index contributed by atoms with van der Waals surface area (Å²) in [4.78, 5) is 1.29. The third kappa shape index (κ3) is 4.00. The van der Waals surface area contributed by atoms with Gasteiger partial charge in [-0.3, -0.25) is 0 Å². The van der Waals surface area contributed by atoms with Gasteiger partial charge in [-0.15, -0.1) is 11.8 Å². The third-order valence-corrected chi connectivity index (χ3v) is 4.44. The molecule has 0 aliphatic rings. The molecule has 0 saturated carbocycles. The van der Waals surface area contributed by atoms with Crippen molar-refractivity contribution in [3.63, 3.8) is 0 Å². The summed E-state index contributed by atoms with van der Waals surface area (Å²) in [5.41, 5.74) is 3.87. The molecule has 1 nitrogen and oxygen atoms in total. The molecule has 19 heavy (non-hydrogen) atoms. The van der Waals surface area contributed by atoms with Crippen LogP contribution in [0.5, 0.6) is 0 Å². The first-order valence-corrected chi connectivity index (χ1v) is 7.67. The Bertz CT molecular complexity index is 554. The molecule has 0 aliphatic heterocycles. The first-order chi connectivity index (χ1) is 9.20. The molecule has 2 aromatic carbocycles. The van der Waals surface area contributed by atoms with Crippen LogP contribution in [0.4, 0.5) is 0 Å². The Balaban J connectivity index is 2.04. The molecule has 0 aliphatic carbocycles. The van der Waals surface area contributed by atoms with Crippen molar-refractivity contribution in [1.29, 1.82) is 0 Å². The lowest BCUT2D eigenvalue weighted by molar-refractivity contribution is 0.811. The number of benzene rings is 2. The number of nitrogens with one attached hydrogen (secondary N) is 1. The van der Waals surface area contributed by atoms with Crippen LogP contribution < -0.4 is 5.32 Å². The Morgan fingerprint density at radius 2 is 1.89 bits per heavy atom. The van der Waals surface area contributed by atoms with Crippen molar-refractivity contribution in [3.8, 4) is 0 Å². The average molecular weight is 292 g/mol. The van der Waals surface area contributed by atoms with E-state index < -0.39 is 0 Å². The Morgan fingerprint density at radius 1 is 1.11 bits per heavy atom. The first-order valence-electron chi connectivity index (χ1n) is 6.31. The summed E-state index contributed by atoms with van der Waals surface area (Å²) in [6, 6.07) is 14.6. The van der Waals surface area contributed by atoms with Crippen molar-refractivity contribution in [2.75, 3.05) is 7.05 Å². The second-order valence-corrected chi connectivity index (χ2v) is 5.95. The number of halogens is 1. The van der Waals surface area contributed by atoms with Crippen LogP contribution in [0.15, 0.2) is 47.4 Å². The van der Waals surface area contributed by atoms with E-state index in [1.165, 1.54) is 21.6 Å². The second kappa shape index (κ2) is 6.99. The van der Waals surface area contributed by atoms with E-state index >= 15 is 0 Å².